The maximum absolute atomic E-state index is 13.1. The van der Waals surface area contributed by atoms with Crippen LogP contribution in [0, 0.1) is 0 Å². The first-order valence-electron chi connectivity index (χ1n) is 6.24. The van der Waals surface area contributed by atoms with Crippen molar-refractivity contribution in [3.05, 3.63) is 47.7 Å². The Balaban J connectivity index is 2.17. The molecular weight excluding hydrogens is 301 g/mol. The second-order valence-corrected chi connectivity index (χ2v) is 4.66. The third-order valence-corrected chi connectivity index (χ3v) is 3.20. The number of hydrogen-bond donors (Lipinski definition) is 1. The smallest absolute Gasteiger partial charge is 0.472 e. The van der Waals surface area contributed by atoms with E-state index in [1.807, 2.05) is 0 Å². The zero-order valence-corrected chi connectivity index (χ0v) is 10.9. The molecule has 0 radical (unpaired) electrons. The van der Waals surface area contributed by atoms with Crippen LogP contribution in [-0.2, 0) is 4.74 Å². The topological polar surface area (TPSA) is 55.8 Å². The number of ether oxygens (including phenoxy) is 2. The minimum Gasteiger partial charge on any atom is -0.472 e. The van der Waals surface area contributed by atoms with Crippen molar-refractivity contribution in [2.75, 3.05) is 0 Å². The Morgan fingerprint density at radius 3 is 2.59 bits per heavy atom. The van der Waals surface area contributed by atoms with Gasteiger partial charge in [-0.15, -0.1) is 0 Å². The predicted molar refractivity (Wildman–Crippen MR) is 71.5 cm³/mol. The van der Waals surface area contributed by atoms with Gasteiger partial charge in [-0.05, 0) is 11.5 Å². The van der Waals surface area contributed by atoms with E-state index in [4.69, 9.17) is 9.84 Å². The van der Waals surface area contributed by atoms with Crippen molar-refractivity contribution in [3.63, 3.8) is 0 Å². The molecule has 2 aromatic rings. The van der Waals surface area contributed by atoms with Crippen LogP contribution >= 0.6 is 0 Å². The Kier molecular flexibility index (Phi) is 3.20. The summed E-state index contributed by atoms with van der Waals surface area (Å²) >= 11 is 0. The second kappa shape index (κ2) is 4.94. The van der Waals surface area contributed by atoms with Gasteiger partial charge in [0.1, 0.15) is 5.75 Å². The van der Waals surface area contributed by atoms with Crippen LogP contribution in [0.1, 0.15) is 5.56 Å². The van der Waals surface area contributed by atoms with Gasteiger partial charge in [0.15, 0.2) is 5.76 Å². The lowest BCUT2D eigenvalue weighted by molar-refractivity contribution is -0.191. The lowest BCUT2D eigenvalue weighted by Crippen LogP contribution is -2.39. The number of benzene rings is 2. The number of carboxylic acid groups (broad SMARTS) is 1. The van der Waals surface area contributed by atoms with Crippen molar-refractivity contribution in [2.45, 2.75) is 12.3 Å². The average Bonchev–Trinajstić information content (AvgIpc) is 2.44. The van der Waals surface area contributed by atoms with Gasteiger partial charge in [0.2, 0.25) is 0 Å². The highest BCUT2D eigenvalue weighted by molar-refractivity contribution is 5.92. The highest BCUT2D eigenvalue weighted by Crippen LogP contribution is 2.41. The summed E-state index contributed by atoms with van der Waals surface area (Å²) in [4.78, 5) is 10.6. The molecule has 0 amide bonds. The Bertz CT molecular complexity index is 780. The fourth-order valence-electron chi connectivity index (χ4n) is 2.32. The van der Waals surface area contributed by atoms with E-state index in [0.29, 0.717) is 10.9 Å². The van der Waals surface area contributed by atoms with E-state index in [0.717, 1.165) is 11.5 Å². The molecular formula is C15H9F3O4. The van der Waals surface area contributed by atoms with Gasteiger partial charge in [0, 0.05) is 10.9 Å². The molecule has 3 rings (SSSR count). The third-order valence-electron chi connectivity index (χ3n) is 3.20. The minimum atomic E-state index is -4.80. The van der Waals surface area contributed by atoms with Crippen LogP contribution in [-0.4, -0.2) is 23.5 Å². The molecule has 0 saturated carbocycles. The Morgan fingerprint density at radius 2 is 1.91 bits per heavy atom. The summed E-state index contributed by atoms with van der Waals surface area (Å²) in [5.41, 5.74) is 0.329. The quantitative estimate of drug-likeness (QED) is 0.802. The molecule has 1 heterocycles. The molecule has 0 aromatic heterocycles. The zero-order valence-electron chi connectivity index (χ0n) is 10.9. The van der Waals surface area contributed by atoms with Gasteiger partial charge < -0.3 is 14.6 Å². The lowest BCUT2D eigenvalue weighted by Gasteiger charge is -2.28. The SMILES string of the molecule is O=C(O)OC1=Cc2ccc3ccccc3c2OC1C(F)(F)F. The molecule has 0 bridgehead atoms. The van der Waals surface area contributed by atoms with E-state index in [1.54, 1.807) is 36.4 Å². The molecule has 114 valence electrons. The summed E-state index contributed by atoms with van der Waals surface area (Å²) in [6.07, 6.45) is -8.04. The Morgan fingerprint density at radius 1 is 1.18 bits per heavy atom. The molecule has 1 unspecified atom stereocenters. The van der Waals surface area contributed by atoms with Crippen LogP contribution in [0.4, 0.5) is 18.0 Å². The molecule has 1 aliphatic rings. The van der Waals surface area contributed by atoms with E-state index in [1.165, 1.54) is 0 Å². The first-order valence-corrected chi connectivity index (χ1v) is 6.24. The van der Waals surface area contributed by atoms with Crippen LogP contribution < -0.4 is 4.74 Å². The summed E-state index contributed by atoms with van der Waals surface area (Å²) in [5.74, 6) is -0.749. The number of halogens is 3. The van der Waals surface area contributed by atoms with Gasteiger partial charge in [0.25, 0.3) is 6.10 Å². The van der Waals surface area contributed by atoms with Crippen molar-refractivity contribution >= 4 is 23.0 Å². The first kappa shape index (κ1) is 14.2. The van der Waals surface area contributed by atoms with Crippen molar-refractivity contribution < 1.29 is 32.5 Å². The van der Waals surface area contributed by atoms with Crippen LogP contribution in [0.15, 0.2) is 42.2 Å². The third kappa shape index (κ3) is 2.45. The average molecular weight is 310 g/mol. The number of hydrogen-bond acceptors (Lipinski definition) is 3. The van der Waals surface area contributed by atoms with Crippen molar-refractivity contribution in [3.8, 4) is 5.75 Å². The summed E-state index contributed by atoms with van der Waals surface area (Å²) in [6, 6.07) is 10.1. The van der Waals surface area contributed by atoms with Gasteiger partial charge in [-0.25, -0.2) is 4.79 Å². The largest absolute Gasteiger partial charge is 0.511 e. The molecule has 0 saturated heterocycles. The molecule has 0 aliphatic carbocycles. The monoisotopic (exact) mass is 310 g/mol. The van der Waals surface area contributed by atoms with E-state index in [-0.39, 0.29) is 5.75 Å². The van der Waals surface area contributed by atoms with E-state index < -0.39 is 24.2 Å². The van der Waals surface area contributed by atoms with Gasteiger partial charge >= 0.3 is 12.3 Å². The molecule has 0 spiro atoms. The highest BCUT2D eigenvalue weighted by Gasteiger charge is 2.48. The number of rotatable bonds is 1. The maximum atomic E-state index is 13.1. The van der Waals surface area contributed by atoms with Crippen LogP contribution in [0.3, 0.4) is 0 Å². The molecule has 0 fully saturated rings. The number of fused-ring (bicyclic) bond motifs is 3. The van der Waals surface area contributed by atoms with Crippen molar-refractivity contribution in [1.82, 2.24) is 0 Å². The fourth-order valence-corrected chi connectivity index (χ4v) is 2.32. The lowest BCUT2D eigenvalue weighted by atomic mass is 10.0. The summed E-state index contributed by atoms with van der Waals surface area (Å²) in [5, 5.41) is 9.82. The summed E-state index contributed by atoms with van der Waals surface area (Å²) < 4.78 is 48.6. The molecule has 1 N–H and O–H groups in total. The van der Waals surface area contributed by atoms with Crippen LogP contribution in [0.25, 0.3) is 16.8 Å². The molecule has 22 heavy (non-hydrogen) atoms. The van der Waals surface area contributed by atoms with Gasteiger partial charge in [-0.3, -0.25) is 0 Å². The van der Waals surface area contributed by atoms with Gasteiger partial charge in [-0.2, -0.15) is 13.2 Å². The van der Waals surface area contributed by atoms with Crippen molar-refractivity contribution in [2.24, 2.45) is 0 Å². The first-order chi connectivity index (χ1) is 10.4. The number of alkyl halides is 3. The predicted octanol–water partition coefficient (Wildman–Crippen LogP) is 4.20. The van der Waals surface area contributed by atoms with Crippen LogP contribution in [0.5, 0.6) is 5.75 Å². The van der Waals surface area contributed by atoms with E-state index in [9.17, 15) is 18.0 Å². The Labute approximate surface area is 122 Å². The maximum Gasteiger partial charge on any atom is 0.511 e. The fraction of sp³-hybridized carbons (Fsp3) is 0.133. The minimum absolute atomic E-state index is 0.0539. The number of carbonyl (C=O) groups is 1. The normalized spacial score (nSPS) is 17.4. The van der Waals surface area contributed by atoms with Gasteiger partial charge in [0.05, 0.1) is 0 Å². The molecule has 1 aliphatic heterocycles. The van der Waals surface area contributed by atoms with Crippen molar-refractivity contribution in [1.29, 1.82) is 0 Å². The molecule has 1 atom stereocenters. The van der Waals surface area contributed by atoms with E-state index >= 15 is 0 Å². The zero-order chi connectivity index (χ0) is 15.9. The Hall–Kier alpha value is -2.70. The van der Waals surface area contributed by atoms with Crippen LogP contribution in [0.2, 0.25) is 0 Å². The highest BCUT2D eigenvalue weighted by atomic mass is 19.4. The van der Waals surface area contributed by atoms with Gasteiger partial charge in [-0.1, -0.05) is 36.4 Å². The standard InChI is InChI=1S/C15H9F3O4/c16-15(17,18)13-11(21-14(19)20)7-9-6-5-8-3-1-2-4-10(8)12(9)22-13/h1-7,13H,(H,19,20). The molecule has 7 heteroatoms. The molecule has 2 aromatic carbocycles. The van der Waals surface area contributed by atoms with E-state index in [2.05, 4.69) is 4.74 Å². The summed E-state index contributed by atoms with van der Waals surface area (Å²) in [6.45, 7) is 0. The summed E-state index contributed by atoms with van der Waals surface area (Å²) in [7, 11) is 0. The molecule has 4 nitrogen and oxygen atoms in total. The second-order valence-electron chi connectivity index (χ2n) is 4.66.